The first-order valence-corrected chi connectivity index (χ1v) is 8.94. The van der Waals surface area contributed by atoms with E-state index in [1.165, 1.54) is 38.3 Å². The Morgan fingerprint density at radius 3 is 2.54 bits per heavy atom. The number of rotatable bonds is 5. The molecule has 6 nitrogen and oxygen atoms in total. The van der Waals surface area contributed by atoms with Gasteiger partial charge in [0.25, 0.3) is 10.0 Å². The van der Waals surface area contributed by atoms with E-state index in [9.17, 15) is 17.6 Å². The maximum Gasteiger partial charge on any atom is 0.265 e. The molecule has 0 fully saturated rings. The average Bonchev–Trinajstić information content (AvgIpc) is 2.50. The molecule has 0 aliphatic rings. The van der Waals surface area contributed by atoms with Gasteiger partial charge in [-0.2, -0.15) is 0 Å². The minimum absolute atomic E-state index is 0.0789. The van der Waals surface area contributed by atoms with Gasteiger partial charge in [0, 0.05) is 11.4 Å². The van der Waals surface area contributed by atoms with Gasteiger partial charge in [-0.3, -0.25) is 9.52 Å². The second-order valence-electron chi connectivity index (χ2n) is 4.78. The Bertz CT molecular complexity index is 887. The first-order chi connectivity index (χ1) is 11.2. The second-order valence-corrected chi connectivity index (χ2v) is 7.34. The lowest BCUT2D eigenvalue weighted by Crippen LogP contribution is -2.15. The number of nitrogens with one attached hydrogen (secondary N) is 2. The van der Waals surface area contributed by atoms with Crippen LogP contribution in [-0.4, -0.2) is 21.4 Å². The van der Waals surface area contributed by atoms with Gasteiger partial charge < -0.3 is 10.1 Å². The van der Waals surface area contributed by atoms with Crippen LogP contribution >= 0.6 is 15.9 Å². The van der Waals surface area contributed by atoms with E-state index in [2.05, 4.69) is 26.0 Å². The summed E-state index contributed by atoms with van der Waals surface area (Å²) in [5.74, 6) is -0.981. The van der Waals surface area contributed by atoms with Crippen molar-refractivity contribution in [3.05, 3.63) is 46.7 Å². The highest BCUT2D eigenvalue weighted by molar-refractivity contribution is 9.10. The zero-order chi connectivity index (χ0) is 17.9. The quantitative estimate of drug-likeness (QED) is 0.782. The number of sulfonamides is 1. The lowest BCUT2D eigenvalue weighted by molar-refractivity contribution is -0.114. The van der Waals surface area contributed by atoms with E-state index in [0.717, 1.165) is 6.07 Å². The summed E-state index contributed by atoms with van der Waals surface area (Å²) in [6, 6.07) is 8.04. The third kappa shape index (κ3) is 4.24. The fraction of sp³-hybridized carbons (Fsp3) is 0.133. The maximum atomic E-state index is 13.6. The van der Waals surface area contributed by atoms with Crippen molar-refractivity contribution in [2.75, 3.05) is 17.1 Å². The predicted octanol–water partition coefficient (Wildman–Crippen LogP) is 3.36. The van der Waals surface area contributed by atoms with Gasteiger partial charge in [0.05, 0.1) is 18.5 Å². The number of carbonyl (C=O) groups is 1. The van der Waals surface area contributed by atoms with Crippen molar-refractivity contribution < 1.29 is 22.3 Å². The normalized spacial score (nSPS) is 11.0. The maximum absolute atomic E-state index is 13.6. The van der Waals surface area contributed by atoms with E-state index in [-0.39, 0.29) is 22.0 Å². The number of halogens is 2. The fourth-order valence-electron chi connectivity index (χ4n) is 1.94. The average molecular weight is 417 g/mol. The van der Waals surface area contributed by atoms with Crippen molar-refractivity contribution in [2.45, 2.75) is 11.8 Å². The van der Waals surface area contributed by atoms with Crippen molar-refractivity contribution in [1.82, 2.24) is 0 Å². The monoisotopic (exact) mass is 416 g/mol. The molecule has 2 aromatic rings. The van der Waals surface area contributed by atoms with Gasteiger partial charge in [0.2, 0.25) is 5.91 Å². The molecule has 0 radical (unpaired) electrons. The van der Waals surface area contributed by atoms with E-state index in [1.54, 1.807) is 6.07 Å². The summed E-state index contributed by atoms with van der Waals surface area (Å²) in [6.45, 7) is 1.22. The molecule has 2 N–H and O–H groups in total. The number of hydrogen-bond donors (Lipinski definition) is 2. The Kier molecular flexibility index (Phi) is 5.45. The highest BCUT2D eigenvalue weighted by Crippen LogP contribution is 2.29. The minimum Gasteiger partial charge on any atom is -0.495 e. The van der Waals surface area contributed by atoms with Crippen LogP contribution in [-0.2, 0) is 14.8 Å². The molecular formula is C15H14BrFN2O4S. The Labute approximate surface area is 147 Å². The molecule has 1 amide bonds. The van der Waals surface area contributed by atoms with Gasteiger partial charge in [0.1, 0.15) is 16.5 Å². The largest absolute Gasteiger partial charge is 0.495 e. The highest BCUT2D eigenvalue weighted by Gasteiger charge is 2.20. The van der Waals surface area contributed by atoms with Crippen LogP contribution in [0.4, 0.5) is 15.8 Å². The number of anilines is 2. The molecule has 0 bridgehead atoms. The Morgan fingerprint density at radius 1 is 1.21 bits per heavy atom. The summed E-state index contributed by atoms with van der Waals surface area (Å²) >= 11 is 3.21. The number of benzene rings is 2. The summed E-state index contributed by atoms with van der Waals surface area (Å²) in [4.78, 5) is 11.0. The molecule has 0 heterocycles. The predicted molar refractivity (Wildman–Crippen MR) is 92.2 cm³/mol. The summed E-state index contributed by atoms with van der Waals surface area (Å²) in [7, 11) is -2.62. The summed E-state index contributed by atoms with van der Waals surface area (Å²) in [5.41, 5.74) is -0.0221. The van der Waals surface area contributed by atoms with Gasteiger partial charge in [-0.1, -0.05) is 15.9 Å². The number of carbonyl (C=O) groups excluding carboxylic acids is 1. The summed E-state index contributed by atoms with van der Waals surface area (Å²) in [6.07, 6.45) is 0. The molecule has 0 spiro atoms. The molecule has 0 aliphatic heterocycles. The molecule has 0 atom stereocenters. The van der Waals surface area contributed by atoms with Gasteiger partial charge in [-0.15, -0.1) is 0 Å². The first-order valence-electron chi connectivity index (χ1n) is 6.66. The first kappa shape index (κ1) is 18.2. The van der Waals surface area contributed by atoms with E-state index in [1.807, 2.05) is 0 Å². The third-order valence-corrected chi connectivity index (χ3v) is 4.84. The Hall–Kier alpha value is -2.13. The highest BCUT2D eigenvalue weighted by atomic mass is 79.9. The van der Waals surface area contributed by atoms with Crippen LogP contribution in [0.5, 0.6) is 5.75 Å². The number of amides is 1. The van der Waals surface area contributed by atoms with E-state index in [0.29, 0.717) is 4.47 Å². The van der Waals surface area contributed by atoms with Gasteiger partial charge in [-0.25, -0.2) is 12.8 Å². The zero-order valence-corrected chi connectivity index (χ0v) is 15.2. The topological polar surface area (TPSA) is 84.5 Å². The molecule has 2 rings (SSSR count). The van der Waals surface area contributed by atoms with Crippen LogP contribution in [0.2, 0.25) is 0 Å². The van der Waals surface area contributed by atoms with Gasteiger partial charge in [0.15, 0.2) is 0 Å². The lowest BCUT2D eigenvalue weighted by Gasteiger charge is -2.13. The molecule has 9 heteroatoms. The van der Waals surface area contributed by atoms with Crippen molar-refractivity contribution in [2.24, 2.45) is 0 Å². The molecule has 0 unspecified atom stereocenters. The second kappa shape index (κ2) is 7.18. The molecule has 0 saturated carbocycles. The minimum atomic E-state index is -3.98. The van der Waals surface area contributed by atoms with Crippen LogP contribution in [0.3, 0.4) is 0 Å². The fourth-order valence-corrected chi connectivity index (χ4v) is 3.70. The van der Waals surface area contributed by atoms with Crippen molar-refractivity contribution in [3.63, 3.8) is 0 Å². The zero-order valence-electron chi connectivity index (χ0n) is 12.8. The van der Waals surface area contributed by atoms with Crippen molar-refractivity contribution in [3.8, 4) is 5.75 Å². The molecule has 0 aliphatic carbocycles. The number of methoxy groups -OCH3 is 1. The lowest BCUT2D eigenvalue weighted by atomic mass is 10.2. The molecule has 0 saturated heterocycles. The molecule has 2 aromatic carbocycles. The smallest absolute Gasteiger partial charge is 0.265 e. The van der Waals surface area contributed by atoms with Crippen LogP contribution in [0.1, 0.15) is 6.92 Å². The SMILES string of the molecule is COc1ccc(Br)cc1S(=O)(=O)Nc1ccc(F)c(NC(C)=O)c1. The molecular weight excluding hydrogens is 403 g/mol. The van der Waals surface area contributed by atoms with E-state index >= 15 is 0 Å². The Balaban J connectivity index is 2.40. The van der Waals surface area contributed by atoms with Crippen LogP contribution in [0.15, 0.2) is 45.8 Å². The van der Waals surface area contributed by atoms with E-state index < -0.39 is 21.7 Å². The van der Waals surface area contributed by atoms with Crippen molar-refractivity contribution >= 4 is 43.2 Å². The molecule has 24 heavy (non-hydrogen) atoms. The van der Waals surface area contributed by atoms with Gasteiger partial charge >= 0.3 is 0 Å². The molecule has 128 valence electrons. The standard InChI is InChI=1S/C15H14BrFN2O4S/c1-9(20)18-13-8-11(4-5-12(13)17)19-24(21,22)15-7-10(16)3-6-14(15)23-2/h3-8,19H,1-2H3,(H,18,20). The molecule has 0 aromatic heterocycles. The number of hydrogen-bond acceptors (Lipinski definition) is 4. The summed E-state index contributed by atoms with van der Waals surface area (Å²) in [5, 5.41) is 2.29. The van der Waals surface area contributed by atoms with E-state index in [4.69, 9.17) is 4.74 Å². The van der Waals surface area contributed by atoms with Crippen LogP contribution in [0.25, 0.3) is 0 Å². The number of ether oxygens (including phenoxy) is 1. The van der Waals surface area contributed by atoms with Gasteiger partial charge in [-0.05, 0) is 36.4 Å². The van der Waals surface area contributed by atoms with Crippen LogP contribution in [0, 0.1) is 5.82 Å². The summed E-state index contributed by atoms with van der Waals surface area (Å²) < 4.78 is 46.7. The van der Waals surface area contributed by atoms with Crippen molar-refractivity contribution in [1.29, 1.82) is 0 Å². The Morgan fingerprint density at radius 2 is 1.92 bits per heavy atom. The third-order valence-electron chi connectivity index (χ3n) is 2.94. The van der Waals surface area contributed by atoms with Crippen LogP contribution < -0.4 is 14.8 Å².